The Bertz CT molecular complexity index is 279. The summed E-state index contributed by atoms with van der Waals surface area (Å²) in [6.07, 6.45) is 2.06. The number of ether oxygens (including phenoxy) is 1. The quantitative estimate of drug-likeness (QED) is 0.548. The molecule has 0 aliphatic rings. The molecule has 0 aliphatic carbocycles. The molecule has 0 heterocycles. The van der Waals surface area contributed by atoms with Gasteiger partial charge in [0.2, 0.25) is 0 Å². The molecule has 0 radical (unpaired) electrons. The number of hydrogen-bond acceptors (Lipinski definition) is 3. The van der Waals surface area contributed by atoms with Gasteiger partial charge in [0.15, 0.2) is 0 Å². The van der Waals surface area contributed by atoms with Crippen LogP contribution in [0.2, 0.25) is 0 Å². The molecule has 1 rings (SSSR count). The van der Waals surface area contributed by atoms with Gasteiger partial charge < -0.3 is 4.74 Å². The second-order valence-electron chi connectivity index (χ2n) is 2.67. The van der Waals surface area contributed by atoms with Crippen LogP contribution in [0.1, 0.15) is 12.5 Å². The number of hydrogen-bond donors (Lipinski definition) is 0. The fourth-order valence-electron chi connectivity index (χ4n) is 0.986. The molecular weight excluding hydrogens is 184 g/mol. The Kier molecular flexibility index (Phi) is 3.83. The number of carbonyl (C=O) groups excluding carboxylic acids is 1. The van der Waals surface area contributed by atoms with E-state index in [1.807, 2.05) is 24.3 Å². The molecule has 1 aromatic rings. The van der Waals surface area contributed by atoms with Gasteiger partial charge in [-0.15, -0.1) is 0 Å². The van der Waals surface area contributed by atoms with Gasteiger partial charge in [0.05, 0.1) is 0 Å². The van der Waals surface area contributed by atoms with Crippen molar-refractivity contribution in [2.24, 2.45) is 0 Å². The van der Waals surface area contributed by atoms with E-state index in [2.05, 4.69) is 6.26 Å². The van der Waals surface area contributed by atoms with Crippen LogP contribution in [0.25, 0.3) is 0 Å². The normalized spacial score (nSPS) is 9.69. The summed E-state index contributed by atoms with van der Waals surface area (Å²) in [6.45, 7) is 1.40. The second kappa shape index (κ2) is 4.92. The third-order valence-electron chi connectivity index (χ3n) is 1.50. The van der Waals surface area contributed by atoms with Gasteiger partial charge in [-0.3, -0.25) is 4.79 Å². The number of thioether (sulfide) groups is 1. The lowest BCUT2D eigenvalue weighted by atomic mass is 10.2. The Morgan fingerprint density at radius 1 is 1.38 bits per heavy atom. The zero-order chi connectivity index (χ0) is 9.68. The zero-order valence-corrected chi connectivity index (χ0v) is 8.56. The molecule has 2 nitrogen and oxygen atoms in total. The predicted octanol–water partition coefficient (Wildman–Crippen LogP) is 2.47. The Hall–Kier alpha value is -0.960. The topological polar surface area (TPSA) is 26.3 Å². The summed E-state index contributed by atoms with van der Waals surface area (Å²) >= 11 is 1.77. The number of benzene rings is 1. The molecule has 0 bridgehead atoms. The van der Waals surface area contributed by atoms with E-state index in [0.717, 1.165) is 5.75 Å². The maximum atomic E-state index is 10.6. The van der Waals surface area contributed by atoms with Gasteiger partial charge in [0, 0.05) is 12.7 Å². The molecular formula is C10H12O2S. The monoisotopic (exact) mass is 196 g/mol. The van der Waals surface area contributed by atoms with E-state index in [-0.39, 0.29) is 5.97 Å². The molecule has 0 saturated carbocycles. The predicted molar refractivity (Wildman–Crippen MR) is 55.0 cm³/mol. The molecule has 0 aliphatic heterocycles. The van der Waals surface area contributed by atoms with Gasteiger partial charge in [-0.25, -0.2) is 0 Å². The van der Waals surface area contributed by atoms with Crippen LogP contribution < -0.4 is 4.74 Å². The maximum Gasteiger partial charge on any atom is 0.308 e. The SMILES string of the molecule is CSCc1ccc(OC(C)=O)cc1. The molecule has 0 fully saturated rings. The highest BCUT2D eigenvalue weighted by Gasteiger charge is 1.97. The van der Waals surface area contributed by atoms with Crippen LogP contribution >= 0.6 is 11.8 Å². The molecule has 0 aromatic heterocycles. The van der Waals surface area contributed by atoms with E-state index in [4.69, 9.17) is 4.74 Å². The largest absolute Gasteiger partial charge is 0.427 e. The average molecular weight is 196 g/mol. The summed E-state index contributed by atoms with van der Waals surface area (Å²) in [5.41, 5.74) is 1.24. The van der Waals surface area contributed by atoms with E-state index in [0.29, 0.717) is 5.75 Å². The van der Waals surface area contributed by atoms with Crippen LogP contribution in [0.4, 0.5) is 0 Å². The highest BCUT2D eigenvalue weighted by molar-refractivity contribution is 7.97. The van der Waals surface area contributed by atoms with Crippen molar-refractivity contribution < 1.29 is 9.53 Å². The van der Waals surface area contributed by atoms with Crippen molar-refractivity contribution >= 4 is 17.7 Å². The van der Waals surface area contributed by atoms with Crippen molar-refractivity contribution in [3.05, 3.63) is 29.8 Å². The number of rotatable bonds is 3. The summed E-state index contributed by atoms with van der Waals surface area (Å²) in [7, 11) is 0. The third-order valence-corrected chi connectivity index (χ3v) is 2.12. The first-order chi connectivity index (χ1) is 6.22. The van der Waals surface area contributed by atoms with Gasteiger partial charge in [-0.2, -0.15) is 11.8 Å². The highest BCUT2D eigenvalue weighted by Crippen LogP contribution is 2.15. The molecule has 0 amide bonds. The lowest BCUT2D eigenvalue weighted by molar-refractivity contribution is -0.131. The molecule has 70 valence electrons. The lowest BCUT2D eigenvalue weighted by Gasteiger charge is -2.02. The summed E-state index contributed by atoms with van der Waals surface area (Å²) in [4.78, 5) is 10.6. The first-order valence-electron chi connectivity index (χ1n) is 3.98. The Morgan fingerprint density at radius 3 is 2.46 bits per heavy atom. The average Bonchev–Trinajstić information content (AvgIpc) is 2.08. The zero-order valence-electron chi connectivity index (χ0n) is 7.74. The number of esters is 1. The second-order valence-corrected chi connectivity index (χ2v) is 3.54. The van der Waals surface area contributed by atoms with Crippen LogP contribution in [0.3, 0.4) is 0 Å². The van der Waals surface area contributed by atoms with Crippen molar-refractivity contribution in [2.75, 3.05) is 6.26 Å². The van der Waals surface area contributed by atoms with E-state index >= 15 is 0 Å². The minimum Gasteiger partial charge on any atom is -0.427 e. The Labute approximate surface area is 82.3 Å². The Balaban J connectivity index is 2.64. The molecule has 13 heavy (non-hydrogen) atoms. The van der Waals surface area contributed by atoms with Crippen molar-refractivity contribution in [1.82, 2.24) is 0 Å². The van der Waals surface area contributed by atoms with Gasteiger partial charge in [-0.05, 0) is 24.0 Å². The summed E-state index contributed by atoms with van der Waals surface area (Å²) in [6, 6.07) is 7.56. The molecule has 0 atom stereocenters. The fraction of sp³-hybridized carbons (Fsp3) is 0.300. The maximum absolute atomic E-state index is 10.6. The molecule has 0 N–H and O–H groups in total. The Morgan fingerprint density at radius 2 is 2.00 bits per heavy atom. The van der Waals surface area contributed by atoms with Gasteiger partial charge in [-0.1, -0.05) is 12.1 Å². The van der Waals surface area contributed by atoms with E-state index in [1.165, 1.54) is 12.5 Å². The van der Waals surface area contributed by atoms with E-state index in [9.17, 15) is 4.79 Å². The smallest absolute Gasteiger partial charge is 0.308 e. The molecule has 3 heteroatoms. The summed E-state index contributed by atoms with van der Waals surface area (Å²) < 4.78 is 4.90. The third kappa shape index (κ3) is 3.51. The summed E-state index contributed by atoms with van der Waals surface area (Å²) in [5, 5.41) is 0. The molecule has 0 saturated heterocycles. The van der Waals surface area contributed by atoms with E-state index in [1.54, 1.807) is 11.8 Å². The van der Waals surface area contributed by atoms with Crippen molar-refractivity contribution in [1.29, 1.82) is 0 Å². The van der Waals surface area contributed by atoms with E-state index < -0.39 is 0 Å². The van der Waals surface area contributed by atoms with Crippen molar-refractivity contribution in [3.63, 3.8) is 0 Å². The molecule has 1 aromatic carbocycles. The van der Waals surface area contributed by atoms with Crippen molar-refractivity contribution in [3.8, 4) is 5.75 Å². The summed E-state index contributed by atoms with van der Waals surface area (Å²) in [5.74, 6) is 1.32. The van der Waals surface area contributed by atoms with Crippen LogP contribution in [0.5, 0.6) is 5.75 Å². The first-order valence-corrected chi connectivity index (χ1v) is 5.38. The fourth-order valence-corrected chi connectivity index (χ4v) is 1.51. The van der Waals surface area contributed by atoms with Crippen molar-refractivity contribution in [2.45, 2.75) is 12.7 Å². The van der Waals surface area contributed by atoms with Crippen LogP contribution in [-0.2, 0) is 10.5 Å². The van der Waals surface area contributed by atoms with Crippen LogP contribution in [0, 0.1) is 0 Å². The molecule has 0 spiro atoms. The van der Waals surface area contributed by atoms with Gasteiger partial charge in [0.1, 0.15) is 5.75 Å². The van der Waals surface area contributed by atoms with Gasteiger partial charge in [0.25, 0.3) is 0 Å². The lowest BCUT2D eigenvalue weighted by Crippen LogP contribution is -2.00. The van der Waals surface area contributed by atoms with Gasteiger partial charge >= 0.3 is 5.97 Å². The highest BCUT2D eigenvalue weighted by atomic mass is 32.2. The van der Waals surface area contributed by atoms with Crippen LogP contribution in [0.15, 0.2) is 24.3 Å². The minimum atomic E-state index is -0.280. The number of carbonyl (C=O) groups is 1. The molecule has 0 unspecified atom stereocenters. The first kappa shape index (κ1) is 10.1. The standard InChI is InChI=1S/C10H12O2S/c1-8(11)12-10-5-3-9(4-6-10)7-13-2/h3-6H,7H2,1-2H3. The minimum absolute atomic E-state index is 0.280. The van der Waals surface area contributed by atoms with Crippen LogP contribution in [-0.4, -0.2) is 12.2 Å².